The molecule has 0 saturated carbocycles. The molecule has 1 aromatic carbocycles. The van der Waals surface area contributed by atoms with Crippen molar-refractivity contribution in [2.24, 2.45) is 0 Å². The lowest BCUT2D eigenvalue weighted by atomic mass is 10.3. The van der Waals surface area contributed by atoms with Crippen LogP contribution >= 0.6 is 34.5 Å². The molecule has 0 aliphatic heterocycles. The van der Waals surface area contributed by atoms with Crippen molar-refractivity contribution in [2.45, 2.75) is 12.4 Å². The van der Waals surface area contributed by atoms with Crippen molar-refractivity contribution < 1.29 is 4.39 Å². The lowest BCUT2D eigenvalue weighted by Gasteiger charge is -2.05. The van der Waals surface area contributed by atoms with E-state index in [4.69, 9.17) is 23.2 Å². The van der Waals surface area contributed by atoms with Crippen molar-refractivity contribution in [3.8, 4) is 0 Å². The summed E-state index contributed by atoms with van der Waals surface area (Å²) < 4.78 is 15.5. The average molecular weight is 316 g/mol. The predicted octanol–water partition coefficient (Wildman–Crippen LogP) is 4.07. The molecule has 0 bridgehead atoms. The van der Waals surface area contributed by atoms with Gasteiger partial charge in [-0.25, -0.2) is 14.4 Å². The molecule has 0 N–H and O–H groups in total. The third-order valence-electron chi connectivity index (χ3n) is 2.77. The minimum absolute atomic E-state index is 0.0625. The monoisotopic (exact) mass is 315 g/mol. The number of thiazole rings is 1. The van der Waals surface area contributed by atoms with E-state index in [9.17, 15) is 4.39 Å². The first kappa shape index (κ1) is 12.8. The summed E-state index contributed by atoms with van der Waals surface area (Å²) in [4.78, 5) is 8.59. The van der Waals surface area contributed by atoms with Crippen LogP contribution in [0.1, 0.15) is 10.8 Å². The van der Waals surface area contributed by atoms with Gasteiger partial charge < -0.3 is 4.57 Å². The fraction of sp³-hybridized carbons (Fsp3) is 0.167. The summed E-state index contributed by atoms with van der Waals surface area (Å²) in [6, 6.07) is 2.90. The topological polar surface area (TPSA) is 30.7 Å². The van der Waals surface area contributed by atoms with Gasteiger partial charge in [0.1, 0.15) is 16.6 Å². The number of hydrogen-bond donors (Lipinski definition) is 0. The summed E-state index contributed by atoms with van der Waals surface area (Å²) in [7, 11) is 0. The second-order valence-electron chi connectivity index (χ2n) is 3.93. The smallest absolute Gasteiger partial charge is 0.144 e. The maximum Gasteiger partial charge on any atom is 0.144 e. The zero-order valence-electron chi connectivity index (χ0n) is 9.61. The summed E-state index contributed by atoms with van der Waals surface area (Å²) >= 11 is 13.2. The van der Waals surface area contributed by atoms with Crippen molar-refractivity contribution >= 4 is 45.6 Å². The Morgan fingerprint density at radius 1 is 1.37 bits per heavy atom. The molecule has 0 spiro atoms. The molecule has 0 radical (unpaired) electrons. The van der Waals surface area contributed by atoms with Gasteiger partial charge in [0.05, 0.1) is 28.5 Å². The Hall–Kier alpha value is -1.17. The predicted molar refractivity (Wildman–Crippen MR) is 75.5 cm³/mol. The Bertz CT molecular complexity index is 724. The number of aromatic nitrogens is 3. The van der Waals surface area contributed by atoms with Gasteiger partial charge in [-0.3, -0.25) is 0 Å². The second-order valence-corrected chi connectivity index (χ2v) is 5.58. The number of halogens is 3. The molecule has 3 aromatic rings. The fourth-order valence-electron chi connectivity index (χ4n) is 1.91. The van der Waals surface area contributed by atoms with Gasteiger partial charge in [-0.2, -0.15) is 0 Å². The molecule has 2 heterocycles. The van der Waals surface area contributed by atoms with Gasteiger partial charge in [-0.1, -0.05) is 11.6 Å². The zero-order chi connectivity index (χ0) is 13.4. The molecule has 0 unspecified atom stereocenters. The van der Waals surface area contributed by atoms with Gasteiger partial charge in [-0.05, 0) is 6.07 Å². The molecule has 0 atom stereocenters. The van der Waals surface area contributed by atoms with E-state index in [0.29, 0.717) is 23.4 Å². The van der Waals surface area contributed by atoms with Crippen LogP contribution in [0, 0.1) is 5.82 Å². The second kappa shape index (κ2) is 5.07. The van der Waals surface area contributed by atoms with Crippen LogP contribution in [-0.2, 0) is 12.4 Å². The molecule has 0 amide bonds. The maximum absolute atomic E-state index is 13.6. The van der Waals surface area contributed by atoms with Gasteiger partial charge in [0.25, 0.3) is 0 Å². The van der Waals surface area contributed by atoms with E-state index in [0.717, 1.165) is 5.01 Å². The first-order valence-electron chi connectivity index (χ1n) is 5.47. The molecule has 19 heavy (non-hydrogen) atoms. The summed E-state index contributed by atoms with van der Waals surface area (Å²) in [5.74, 6) is 0.461. The van der Waals surface area contributed by atoms with Crippen LogP contribution in [0.25, 0.3) is 11.0 Å². The van der Waals surface area contributed by atoms with Gasteiger partial charge >= 0.3 is 0 Å². The number of benzene rings is 1. The number of hydrogen-bond acceptors (Lipinski definition) is 3. The third kappa shape index (κ3) is 2.33. The van der Waals surface area contributed by atoms with Gasteiger partial charge in [0, 0.05) is 17.6 Å². The lowest BCUT2D eigenvalue weighted by molar-refractivity contribution is 0.628. The van der Waals surface area contributed by atoms with Crippen molar-refractivity contribution in [3.63, 3.8) is 0 Å². The Labute approximate surface area is 122 Å². The maximum atomic E-state index is 13.6. The Morgan fingerprint density at radius 3 is 2.89 bits per heavy atom. The van der Waals surface area contributed by atoms with E-state index >= 15 is 0 Å². The number of rotatable bonds is 3. The molecule has 0 aliphatic rings. The normalized spacial score (nSPS) is 11.3. The molecular formula is C12H8Cl2FN3S. The molecule has 3 rings (SSSR count). The minimum atomic E-state index is -0.462. The van der Waals surface area contributed by atoms with Crippen molar-refractivity contribution in [1.82, 2.24) is 14.5 Å². The Balaban J connectivity index is 2.17. The zero-order valence-corrected chi connectivity index (χ0v) is 11.9. The SMILES string of the molecule is Fc1cc2c(cc1Cl)nc(CCl)n2Cc1nccs1. The van der Waals surface area contributed by atoms with Crippen LogP contribution in [0.5, 0.6) is 0 Å². The lowest BCUT2D eigenvalue weighted by Crippen LogP contribution is -2.03. The Kier molecular flexibility index (Phi) is 3.43. The van der Waals surface area contributed by atoms with Crippen LogP contribution in [-0.4, -0.2) is 14.5 Å². The number of imidazole rings is 1. The molecule has 0 aliphatic carbocycles. The molecule has 0 saturated heterocycles. The van der Waals surface area contributed by atoms with Gasteiger partial charge in [0.2, 0.25) is 0 Å². The van der Waals surface area contributed by atoms with Crippen LogP contribution in [0.15, 0.2) is 23.7 Å². The first-order chi connectivity index (χ1) is 9.19. The van der Waals surface area contributed by atoms with Gasteiger partial charge in [0.15, 0.2) is 0 Å². The van der Waals surface area contributed by atoms with E-state index in [1.54, 1.807) is 6.20 Å². The average Bonchev–Trinajstić information content (AvgIpc) is 3.00. The van der Waals surface area contributed by atoms with E-state index in [1.807, 2.05) is 9.95 Å². The van der Waals surface area contributed by atoms with Crippen LogP contribution in [0.3, 0.4) is 0 Å². The number of fused-ring (bicyclic) bond motifs is 1. The highest BCUT2D eigenvalue weighted by Gasteiger charge is 2.14. The summed E-state index contributed by atoms with van der Waals surface area (Å²) in [6.07, 6.45) is 1.73. The Morgan fingerprint density at radius 2 is 2.21 bits per heavy atom. The largest absolute Gasteiger partial charge is 0.320 e. The first-order valence-corrected chi connectivity index (χ1v) is 7.26. The van der Waals surface area contributed by atoms with Crippen LogP contribution in [0.4, 0.5) is 4.39 Å². The molecule has 7 heteroatoms. The van der Waals surface area contributed by atoms with E-state index in [1.165, 1.54) is 23.5 Å². The highest BCUT2D eigenvalue weighted by molar-refractivity contribution is 7.09. The highest BCUT2D eigenvalue weighted by atomic mass is 35.5. The summed E-state index contributed by atoms with van der Waals surface area (Å²) in [5, 5.41) is 2.88. The van der Waals surface area contributed by atoms with Crippen molar-refractivity contribution in [2.75, 3.05) is 0 Å². The fourth-order valence-corrected chi connectivity index (χ4v) is 2.88. The van der Waals surface area contributed by atoms with Crippen molar-refractivity contribution in [3.05, 3.63) is 45.4 Å². The molecule has 3 nitrogen and oxygen atoms in total. The van der Waals surface area contributed by atoms with E-state index in [2.05, 4.69) is 9.97 Å². The number of alkyl halides is 1. The molecule has 2 aromatic heterocycles. The third-order valence-corrected chi connectivity index (χ3v) is 4.06. The van der Waals surface area contributed by atoms with E-state index in [-0.39, 0.29) is 10.9 Å². The minimum Gasteiger partial charge on any atom is -0.320 e. The summed E-state index contributed by atoms with van der Waals surface area (Å²) in [5.41, 5.74) is 1.31. The molecule has 98 valence electrons. The van der Waals surface area contributed by atoms with E-state index < -0.39 is 5.82 Å². The summed E-state index contributed by atoms with van der Waals surface area (Å²) in [6.45, 7) is 0.525. The molecular weight excluding hydrogens is 308 g/mol. The van der Waals surface area contributed by atoms with Gasteiger partial charge in [-0.15, -0.1) is 22.9 Å². The number of nitrogens with zero attached hydrogens (tertiary/aromatic N) is 3. The standard InChI is InChI=1S/C12H8Cl2FN3S/c13-5-11-17-9-3-7(14)8(15)4-10(9)18(11)6-12-16-1-2-19-12/h1-4H,5-6H2. The highest BCUT2D eigenvalue weighted by Crippen LogP contribution is 2.25. The van der Waals surface area contributed by atoms with Crippen molar-refractivity contribution in [1.29, 1.82) is 0 Å². The molecule has 0 fully saturated rings. The van der Waals surface area contributed by atoms with Crippen LogP contribution < -0.4 is 0 Å². The quantitative estimate of drug-likeness (QED) is 0.682. The van der Waals surface area contributed by atoms with Crippen LogP contribution in [0.2, 0.25) is 5.02 Å².